The van der Waals surface area contributed by atoms with Gasteiger partial charge in [-0.1, -0.05) is 13.8 Å². The maximum atomic E-state index is 12.2. The zero-order valence-electron chi connectivity index (χ0n) is 15.2. The zero-order chi connectivity index (χ0) is 20.6. The van der Waals surface area contributed by atoms with Crippen molar-refractivity contribution in [1.82, 2.24) is 16.0 Å². The Morgan fingerprint density at radius 2 is 1.46 bits per heavy atom. The van der Waals surface area contributed by atoms with Crippen molar-refractivity contribution >= 4 is 23.7 Å². The van der Waals surface area contributed by atoms with Gasteiger partial charge in [0.2, 0.25) is 17.7 Å². The highest BCUT2D eigenvalue weighted by molar-refractivity contribution is 5.94. The van der Waals surface area contributed by atoms with E-state index in [9.17, 15) is 24.3 Å². The maximum absolute atomic E-state index is 12.2. The highest BCUT2D eigenvalue weighted by Crippen LogP contribution is 2.01. The maximum Gasteiger partial charge on any atom is 0.328 e. The molecule has 0 aliphatic carbocycles. The second-order valence-electron chi connectivity index (χ2n) is 6.31. The van der Waals surface area contributed by atoms with E-state index in [0.717, 1.165) is 0 Å². The van der Waals surface area contributed by atoms with Gasteiger partial charge in [0.25, 0.3) is 0 Å². The van der Waals surface area contributed by atoms with E-state index >= 15 is 0 Å². The van der Waals surface area contributed by atoms with Gasteiger partial charge in [-0.3, -0.25) is 14.4 Å². The molecule has 0 aromatic rings. The molecule has 0 aliphatic rings. The van der Waals surface area contributed by atoms with Crippen LogP contribution in [0.15, 0.2) is 0 Å². The van der Waals surface area contributed by atoms with Crippen LogP contribution in [-0.2, 0) is 19.2 Å². The molecule has 0 spiro atoms. The Balaban J connectivity index is 4.92. The molecule has 0 rings (SSSR count). The molecule has 150 valence electrons. The minimum Gasteiger partial charge on any atom is -0.480 e. The van der Waals surface area contributed by atoms with E-state index in [0.29, 0.717) is 0 Å². The number of aliphatic hydroxyl groups is 2. The van der Waals surface area contributed by atoms with Gasteiger partial charge < -0.3 is 37.0 Å². The van der Waals surface area contributed by atoms with Gasteiger partial charge in [-0.2, -0.15) is 0 Å². The SMILES string of the molecule is CC(NC(=O)C(NC(=O)C(N)C(C)C)C(C)O)C(=O)NC(CO)C(=O)O. The molecule has 11 nitrogen and oxygen atoms in total. The minimum absolute atomic E-state index is 0.191. The molecule has 11 heteroatoms. The van der Waals surface area contributed by atoms with Crippen molar-refractivity contribution in [2.45, 2.75) is 58.0 Å². The summed E-state index contributed by atoms with van der Waals surface area (Å²) in [6, 6.07) is -4.92. The first-order valence-corrected chi connectivity index (χ1v) is 8.10. The van der Waals surface area contributed by atoms with Gasteiger partial charge in [-0.25, -0.2) is 4.79 Å². The molecule has 5 atom stereocenters. The van der Waals surface area contributed by atoms with Crippen LogP contribution in [0.2, 0.25) is 0 Å². The van der Waals surface area contributed by atoms with Crippen LogP contribution in [0.3, 0.4) is 0 Å². The number of nitrogens with two attached hydrogens (primary N) is 1. The Morgan fingerprint density at radius 3 is 1.85 bits per heavy atom. The Labute approximate surface area is 151 Å². The number of carbonyl (C=O) groups is 4. The summed E-state index contributed by atoms with van der Waals surface area (Å²) in [5, 5.41) is 34.0. The normalized spacial score (nSPS) is 16.8. The molecule has 5 unspecified atom stereocenters. The molecule has 3 amide bonds. The monoisotopic (exact) mass is 376 g/mol. The summed E-state index contributed by atoms with van der Waals surface area (Å²) in [6.07, 6.45) is -1.27. The number of aliphatic hydroxyl groups excluding tert-OH is 2. The van der Waals surface area contributed by atoms with Crippen LogP contribution in [0.4, 0.5) is 0 Å². The highest BCUT2D eigenvalue weighted by Gasteiger charge is 2.31. The fourth-order valence-corrected chi connectivity index (χ4v) is 1.81. The van der Waals surface area contributed by atoms with Crippen molar-refractivity contribution in [1.29, 1.82) is 0 Å². The van der Waals surface area contributed by atoms with Crippen LogP contribution in [0.5, 0.6) is 0 Å². The lowest BCUT2D eigenvalue weighted by molar-refractivity contribution is -0.143. The summed E-state index contributed by atoms with van der Waals surface area (Å²) < 4.78 is 0. The molecular weight excluding hydrogens is 348 g/mol. The largest absolute Gasteiger partial charge is 0.480 e. The molecule has 0 aliphatic heterocycles. The van der Waals surface area contributed by atoms with Gasteiger partial charge in [0, 0.05) is 0 Å². The Hall–Kier alpha value is -2.24. The summed E-state index contributed by atoms with van der Waals surface area (Å²) >= 11 is 0. The molecular formula is C15H28N4O7. The number of hydrogen-bond acceptors (Lipinski definition) is 7. The van der Waals surface area contributed by atoms with Crippen molar-refractivity contribution in [3.63, 3.8) is 0 Å². The summed E-state index contributed by atoms with van der Waals surface area (Å²) in [4.78, 5) is 46.9. The number of aliphatic carboxylic acids is 1. The van der Waals surface area contributed by atoms with Gasteiger partial charge in [-0.15, -0.1) is 0 Å². The van der Waals surface area contributed by atoms with E-state index in [1.807, 2.05) is 5.32 Å². The van der Waals surface area contributed by atoms with Crippen LogP contribution < -0.4 is 21.7 Å². The Kier molecular flexibility index (Phi) is 9.76. The number of rotatable bonds is 10. The van der Waals surface area contributed by atoms with Crippen molar-refractivity contribution in [3.05, 3.63) is 0 Å². The van der Waals surface area contributed by atoms with Crippen molar-refractivity contribution in [3.8, 4) is 0 Å². The number of carboxylic acid groups (broad SMARTS) is 1. The fraction of sp³-hybridized carbons (Fsp3) is 0.733. The minimum atomic E-state index is -1.52. The van der Waals surface area contributed by atoms with Crippen LogP contribution in [0, 0.1) is 5.92 Å². The summed E-state index contributed by atoms with van der Waals surface area (Å²) in [6.45, 7) is 5.18. The molecule has 0 fully saturated rings. The van der Waals surface area contributed by atoms with E-state index in [1.54, 1.807) is 13.8 Å². The van der Waals surface area contributed by atoms with Crippen molar-refractivity contribution in [2.75, 3.05) is 6.61 Å². The lowest BCUT2D eigenvalue weighted by Gasteiger charge is -2.25. The van der Waals surface area contributed by atoms with E-state index in [2.05, 4.69) is 10.6 Å². The standard InChI is InChI=1S/C15H28N4O7/c1-6(2)10(16)13(23)19-11(8(4)21)14(24)17-7(3)12(22)18-9(5-20)15(25)26/h6-11,20-21H,5,16H2,1-4H3,(H,17,24)(H,18,22)(H,19,23)(H,25,26). The molecule has 0 radical (unpaired) electrons. The van der Waals surface area contributed by atoms with E-state index in [4.69, 9.17) is 15.9 Å². The van der Waals surface area contributed by atoms with Gasteiger partial charge in [0.15, 0.2) is 0 Å². The lowest BCUT2D eigenvalue weighted by atomic mass is 10.0. The summed E-state index contributed by atoms with van der Waals surface area (Å²) in [7, 11) is 0. The Morgan fingerprint density at radius 1 is 0.923 bits per heavy atom. The highest BCUT2D eigenvalue weighted by atomic mass is 16.4. The quantitative estimate of drug-likeness (QED) is 0.208. The lowest BCUT2D eigenvalue weighted by Crippen LogP contribution is -2.59. The van der Waals surface area contributed by atoms with Crippen LogP contribution >= 0.6 is 0 Å². The first-order valence-electron chi connectivity index (χ1n) is 8.10. The van der Waals surface area contributed by atoms with Crippen molar-refractivity contribution < 1.29 is 34.5 Å². The second-order valence-corrected chi connectivity index (χ2v) is 6.31. The number of hydrogen-bond donors (Lipinski definition) is 7. The number of nitrogens with one attached hydrogen (secondary N) is 3. The summed E-state index contributed by atoms with van der Waals surface area (Å²) in [5.74, 6) is -3.96. The predicted octanol–water partition coefficient (Wildman–Crippen LogP) is -3.10. The third-order valence-electron chi connectivity index (χ3n) is 3.63. The topological polar surface area (TPSA) is 191 Å². The zero-order valence-corrected chi connectivity index (χ0v) is 15.2. The van der Waals surface area contributed by atoms with Gasteiger partial charge in [-0.05, 0) is 19.8 Å². The second kappa shape index (κ2) is 10.7. The molecule has 0 bridgehead atoms. The number of amides is 3. The molecule has 0 aromatic carbocycles. The van der Waals surface area contributed by atoms with Gasteiger partial charge in [0.1, 0.15) is 18.1 Å². The van der Waals surface area contributed by atoms with Gasteiger partial charge >= 0.3 is 5.97 Å². The molecule has 0 heterocycles. The molecule has 0 aromatic heterocycles. The Bertz CT molecular complexity index is 524. The van der Waals surface area contributed by atoms with Gasteiger partial charge in [0.05, 0.1) is 18.8 Å². The van der Waals surface area contributed by atoms with Crippen LogP contribution in [0.1, 0.15) is 27.7 Å². The predicted molar refractivity (Wildman–Crippen MR) is 90.7 cm³/mol. The van der Waals surface area contributed by atoms with Crippen molar-refractivity contribution in [2.24, 2.45) is 11.7 Å². The molecule has 0 saturated heterocycles. The van der Waals surface area contributed by atoms with Crippen LogP contribution in [0.25, 0.3) is 0 Å². The van der Waals surface area contributed by atoms with E-state index < -0.39 is 60.6 Å². The molecule has 26 heavy (non-hydrogen) atoms. The summed E-state index contributed by atoms with van der Waals surface area (Å²) in [5.41, 5.74) is 5.69. The third-order valence-corrected chi connectivity index (χ3v) is 3.63. The third kappa shape index (κ3) is 7.33. The molecule has 8 N–H and O–H groups in total. The van der Waals surface area contributed by atoms with E-state index in [1.165, 1.54) is 13.8 Å². The first kappa shape index (κ1) is 23.8. The number of carboxylic acids is 1. The fourth-order valence-electron chi connectivity index (χ4n) is 1.81. The first-order chi connectivity index (χ1) is 11.9. The number of carbonyl (C=O) groups excluding carboxylic acids is 3. The average Bonchev–Trinajstić information content (AvgIpc) is 2.54. The smallest absolute Gasteiger partial charge is 0.328 e. The average molecular weight is 376 g/mol. The van der Waals surface area contributed by atoms with Crippen LogP contribution in [-0.4, -0.2) is 75.9 Å². The van der Waals surface area contributed by atoms with E-state index in [-0.39, 0.29) is 5.92 Å². The molecule has 0 saturated carbocycles.